The van der Waals surface area contributed by atoms with E-state index in [1.165, 1.54) is 12.1 Å². The third-order valence-corrected chi connectivity index (χ3v) is 5.07. The number of hydrogen-bond donors (Lipinski definition) is 0. The van der Waals surface area contributed by atoms with Crippen LogP contribution in [0.25, 0.3) is 0 Å². The number of halogens is 1. The molecule has 3 rings (SSSR count). The van der Waals surface area contributed by atoms with Crippen LogP contribution in [0.5, 0.6) is 0 Å². The molecule has 2 aliphatic rings. The molecule has 2 atom stereocenters. The van der Waals surface area contributed by atoms with Crippen LogP contribution in [0.3, 0.4) is 0 Å². The molecule has 0 bridgehead atoms. The van der Waals surface area contributed by atoms with Crippen molar-refractivity contribution in [1.82, 2.24) is 0 Å². The topological polar surface area (TPSA) is 55.7 Å². The minimum Gasteiger partial charge on any atom is -0.465 e. The van der Waals surface area contributed by atoms with Gasteiger partial charge >= 0.3 is 5.97 Å². The average Bonchev–Trinajstić information content (AvgIpc) is 2.53. The first-order valence-corrected chi connectivity index (χ1v) is 8.97. The van der Waals surface area contributed by atoms with Gasteiger partial charge in [-0.05, 0) is 43.4 Å². The number of hydrogen-bond acceptors (Lipinski definition) is 4. The fraction of sp³-hybridized carbons (Fsp3) is 0.476. The molecule has 0 amide bonds. The maximum Gasteiger partial charge on any atom is 0.315 e. The van der Waals surface area contributed by atoms with E-state index in [-0.39, 0.29) is 23.6 Å². The van der Waals surface area contributed by atoms with Crippen molar-refractivity contribution in [2.45, 2.75) is 46.5 Å². The maximum absolute atomic E-state index is 13.4. The van der Waals surface area contributed by atoms with Gasteiger partial charge in [-0.25, -0.2) is 4.39 Å². The van der Waals surface area contributed by atoms with E-state index >= 15 is 0 Å². The Kier molecular flexibility index (Phi) is 4.82. The van der Waals surface area contributed by atoms with E-state index in [1.807, 2.05) is 13.8 Å². The summed E-state index contributed by atoms with van der Waals surface area (Å²) < 4.78 is 18.7. The molecule has 0 N–H and O–H groups in total. The number of rotatable bonds is 3. The molecule has 0 radical (unpaired) electrons. The Morgan fingerprint density at radius 3 is 2.54 bits per heavy atom. The minimum atomic E-state index is -0.663. The zero-order valence-corrected chi connectivity index (χ0v) is 15.6. The van der Waals surface area contributed by atoms with Gasteiger partial charge in [-0.3, -0.25) is 14.6 Å². The van der Waals surface area contributed by atoms with Gasteiger partial charge in [0.15, 0.2) is 5.78 Å². The molecule has 1 unspecified atom stereocenters. The van der Waals surface area contributed by atoms with Crippen molar-refractivity contribution in [3.8, 4) is 0 Å². The van der Waals surface area contributed by atoms with Crippen molar-refractivity contribution < 1.29 is 18.7 Å². The lowest BCUT2D eigenvalue weighted by Gasteiger charge is -2.38. The molecule has 1 aliphatic carbocycles. The van der Waals surface area contributed by atoms with Gasteiger partial charge in [-0.15, -0.1) is 0 Å². The Morgan fingerprint density at radius 1 is 1.27 bits per heavy atom. The highest BCUT2D eigenvalue weighted by molar-refractivity contribution is 6.09. The van der Waals surface area contributed by atoms with E-state index in [1.54, 1.807) is 26.0 Å². The average molecular weight is 357 g/mol. The van der Waals surface area contributed by atoms with Crippen molar-refractivity contribution in [2.24, 2.45) is 16.3 Å². The second-order valence-electron chi connectivity index (χ2n) is 7.81. The lowest BCUT2D eigenvalue weighted by Crippen LogP contribution is -2.39. The number of nitrogens with zero attached hydrogens (tertiary/aromatic N) is 1. The summed E-state index contributed by atoms with van der Waals surface area (Å²) in [7, 11) is 0. The number of aliphatic imine (C=N–C) groups is 1. The number of ketones is 1. The van der Waals surface area contributed by atoms with Crippen LogP contribution in [0.1, 0.15) is 52.0 Å². The highest BCUT2D eigenvalue weighted by Gasteiger charge is 2.45. The van der Waals surface area contributed by atoms with Crippen molar-refractivity contribution in [3.05, 3.63) is 46.9 Å². The molecular formula is C21H24FNO3. The molecule has 1 aromatic carbocycles. The van der Waals surface area contributed by atoms with Gasteiger partial charge in [0.2, 0.25) is 0 Å². The Labute approximate surface area is 153 Å². The lowest BCUT2D eigenvalue weighted by atomic mass is 9.67. The maximum atomic E-state index is 13.4. The molecule has 138 valence electrons. The van der Waals surface area contributed by atoms with E-state index < -0.39 is 17.8 Å². The molecule has 0 saturated carbocycles. The molecule has 0 aromatic heterocycles. The highest BCUT2D eigenvalue weighted by atomic mass is 19.1. The fourth-order valence-electron chi connectivity index (χ4n) is 4.01. The summed E-state index contributed by atoms with van der Waals surface area (Å²) in [4.78, 5) is 30.3. The fourth-order valence-corrected chi connectivity index (χ4v) is 4.01. The van der Waals surface area contributed by atoms with Gasteiger partial charge in [0.25, 0.3) is 0 Å². The smallest absolute Gasteiger partial charge is 0.315 e. The standard InChI is InChI=1S/C21H24FNO3/c1-5-26-20(25)17-12(2)23-15-10-21(3,4)11-16(24)19(15)18(17)13-6-8-14(22)9-7-13/h6-9,17-18H,5,10-11H2,1-4H3/t17?,18-/m0/s1. The van der Waals surface area contributed by atoms with Gasteiger partial charge < -0.3 is 4.74 Å². The SMILES string of the molecule is CCOC(=O)C1C(C)=NC2=C(C(=O)CC(C)(C)C2)[C@H]1c1ccc(F)cc1. The van der Waals surface area contributed by atoms with E-state index in [0.717, 1.165) is 11.3 Å². The predicted molar refractivity (Wildman–Crippen MR) is 97.4 cm³/mol. The zero-order valence-electron chi connectivity index (χ0n) is 15.6. The molecular weight excluding hydrogens is 333 g/mol. The van der Waals surface area contributed by atoms with Crippen LogP contribution >= 0.6 is 0 Å². The number of Topliss-reactive ketones (excluding diaryl/α,β-unsaturated/α-hetero) is 1. The Morgan fingerprint density at radius 2 is 1.92 bits per heavy atom. The summed E-state index contributed by atoms with van der Waals surface area (Å²) in [6.45, 7) is 7.90. The summed E-state index contributed by atoms with van der Waals surface area (Å²) in [5.41, 5.74) is 2.54. The first-order valence-electron chi connectivity index (χ1n) is 8.97. The molecule has 5 heteroatoms. The first-order chi connectivity index (χ1) is 12.2. The predicted octanol–water partition coefficient (Wildman–Crippen LogP) is 4.21. The minimum absolute atomic E-state index is 0.0103. The van der Waals surface area contributed by atoms with Crippen LogP contribution in [0.15, 0.2) is 40.5 Å². The van der Waals surface area contributed by atoms with Gasteiger partial charge in [-0.2, -0.15) is 0 Å². The number of benzene rings is 1. The normalized spacial score (nSPS) is 24.8. The van der Waals surface area contributed by atoms with Crippen molar-refractivity contribution in [1.29, 1.82) is 0 Å². The third kappa shape index (κ3) is 3.35. The van der Waals surface area contributed by atoms with Crippen LogP contribution in [0, 0.1) is 17.2 Å². The zero-order chi connectivity index (χ0) is 19.1. The highest BCUT2D eigenvalue weighted by Crippen LogP contribution is 2.47. The first kappa shape index (κ1) is 18.5. The molecule has 4 nitrogen and oxygen atoms in total. The number of carbonyl (C=O) groups excluding carboxylic acids is 2. The molecule has 0 spiro atoms. The molecule has 26 heavy (non-hydrogen) atoms. The van der Waals surface area contributed by atoms with Gasteiger partial charge in [-0.1, -0.05) is 26.0 Å². The van der Waals surface area contributed by atoms with Crippen LogP contribution < -0.4 is 0 Å². The van der Waals surface area contributed by atoms with Crippen LogP contribution in [0.2, 0.25) is 0 Å². The Hall–Kier alpha value is -2.30. The van der Waals surface area contributed by atoms with Gasteiger partial charge in [0.05, 0.1) is 6.61 Å². The van der Waals surface area contributed by atoms with E-state index in [2.05, 4.69) is 4.99 Å². The molecule has 0 fully saturated rings. The molecule has 0 saturated heterocycles. The summed E-state index contributed by atoms with van der Waals surface area (Å²) in [5.74, 6) is -1.88. The third-order valence-electron chi connectivity index (χ3n) is 5.07. The number of allylic oxidation sites excluding steroid dienone is 2. The molecule has 1 heterocycles. The summed E-state index contributed by atoms with van der Waals surface area (Å²) >= 11 is 0. The lowest BCUT2D eigenvalue weighted by molar-refractivity contribution is -0.146. The van der Waals surface area contributed by atoms with Crippen molar-refractivity contribution in [3.63, 3.8) is 0 Å². The van der Waals surface area contributed by atoms with Crippen LogP contribution in [0.4, 0.5) is 4.39 Å². The number of esters is 1. The molecule has 1 aromatic rings. The largest absolute Gasteiger partial charge is 0.465 e. The van der Waals surface area contributed by atoms with E-state index in [4.69, 9.17) is 4.74 Å². The summed E-state index contributed by atoms with van der Waals surface area (Å²) in [5, 5.41) is 0. The Balaban J connectivity index is 2.16. The Bertz CT molecular complexity index is 805. The van der Waals surface area contributed by atoms with Crippen LogP contribution in [-0.2, 0) is 14.3 Å². The van der Waals surface area contributed by atoms with Crippen LogP contribution in [-0.4, -0.2) is 24.1 Å². The molecule has 1 aliphatic heterocycles. The van der Waals surface area contributed by atoms with Gasteiger partial charge in [0.1, 0.15) is 11.7 Å². The monoisotopic (exact) mass is 357 g/mol. The van der Waals surface area contributed by atoms with Crippen molar-refractivity contribution in [2.75, 3.05) is 6.61 Å². The second kappa shape index (κ2) is 6.78. The number of ether oxygens (including phenoxy) is 1. The summed E-state index contributed by atoms with van der Waals surface area (Å²) in [6, 6.07) is 6.00. The number of carbonyl (C=O) groups is 2. The second-order valence-corrected chi connectivity index (χ2v) is 7.81. The summed E-state index contributed by atoms with van der Waals surface area (Å²) in [6.07, 6.45) is 1.09. The quantitative estimate of drug-likeness (QED) is 0.762. The van der Waals surface area contributed by atoms with Gasteiger partial charge in [0, 0.05) is 29.3 Å². The van der Waals surface area contributed by atoms with Crippen molar-refractivity contribution >= 4 is 17.5 Å². The van der Waals surface area contributed by atoms with E-state index in [9.17, 15) is 14.0 Å². The van der Waals surface area contributed by atoms with E-state index in [0.29, 0.717) is 24.1 Å².